The summed E-state index contributed by atoms with van der Waals surface area (Å²) in [7, 11) is 0. The molecular weight excluding hydrogens is 538 g/mol. The topological polar surface area (TPSA) is 97.0 Å². The van der Waals surface area contributed by atoms with Gasteiger partial charge in [0.05, 0.1) is 11.6 Å². The van der Waals surface area contributed by atoms with E-state index in [9.17, 15) is 19.5 Å². The number of Topliss-reactive ketones (excluding diaryl/α,β-unsaturated/α-hetero) is 1. The molecule has 3 aromatic carbocycles. The second kappa shape index (κ2) is 9.37. The fourth-order valence-corrected chi connectivity index (χ4v) is 4.85. The number of carbonyl (C=O) groups is 3. The lowest BCUT2D eigenvalue weighted by Crippen LogP contribution is -2.31. The molecule has 1 unspecified atom stereocenters. The summed E-state index contributed by atoms with van der Waals surface area (Å²) in [5.74, 6) is -2.25. The molecule has 5 rings (SSSR count). The Balaban J connectivity index is 1.67. The van der Waals surface area contributed by atoms with E-state index in [1.807, 2.05) is 32.0 Å². The van der Waals surface area contributed by atoms with Gasteiger partial charge in [0.25, 0.3) is 5.91 Å². The number of hydrogen-bond donors (Lipinski definition) is 1. The molecule has 0 saturated heterocycles. The lowest BCUT2D eigenvalue weighted by atomic mass is 9.94. The number of anilines is 1. The molecule has 0 bridgehead atoms. The molecule has 1 N–H and O–H groups in total. The normalized spacial score (nSPS) is 15.5. The van der Waals surface area contributed by atoms with Crippen molar-refractivity contribution in [2.75, 3.05) is 4.90 Å². The number of nitrogens with zero attached hydrogens (tertiary/aromatic N) is 1. The van der Waals surface area contributed by atoms with Crippen LogP contribution in [-0.2, 0) is 9.59 Å². The number of hydrogen-bond acceptors (Lipinski definition) is 6. The molecule has 0 spiro atoms. The third-order valence-electron chi connectivity index (χ3n) is 6.36. The van der Waals surface area contributed by atoms with Gasteiger partial charge >= 0.3 is 5.97 Å². The maximum atomic E-state index is 13.8. The second-order valence-electron chi connectivity index (χ2n) is 8.90. The first-order valence-electron chi connectivity index (χ1n) is 11.5. The monoisotopic (exact) mass is 559 g/mol. The minimum atomic E-state index is -0.988. The number of esters is 1. The first-order valence-corrected chi connectivity index (χ1v) is 12.3. The molecule has 1 aliphatic rings. The van der Waals surface area contributed by atoms with E-state index in [1.165, 1.54) is 11.8 Å². The van der Waals surface area contributed by atoms with E-state index in [-0.39, 0.29) is 17.1 Å². The Morgan fingerprint density at radius 2 is 1.78 bits per heavy atom. The van der Waals surface area contributed by atoms with E-state index in [4.69, 9.17) is 9.15 Å². The molecule has 1 amide bonds. The van der Waals surface area contributed by atoms with Crippen molar-refractivity contribution in [1.82, 2.24) is 0 Å². The maximum absolute atomic E-state index is 13.8. The Morgan fingerprint density at radius 3 is 2.51 bits per heavy atom. The summed E-state index contributed by atoms with van der Waals surface area (Å²) in [6, 6.07) is 17.9. The Hall–Kier alpha value is -4.17. The van der Waals surface area contributed by atoms with Crippen molar-refractivity contribution in [2.45, 2.75) is 26.8 Å². The molecule has 8 heteroatoms. The van der Waals surface area contributed by atoms with Crippen LogP contribution in [0.4, 0.5) is 5.69 Å². The number of ketones is 1. The molecule has 0 fully saturated rings. The largest absolute Gasteiger partial charge is 0.503 e. The van der Waals surface area contributed by atoms with E-state index in [0.29, 0.717) is 22.2 Å². The van der Waals surface area contributed by atoms with Crippen LogP contribution in [0.3, 0.4) is 0 Å². The first kappa shape index (κ1) is 24.5. The zero-order valence-electron chi connectivity index (χ0n) is 20.2. The van der Waals surface area contributed by atoms with Crippen LogP contribution in [0.25, 0.3) is 11.0 Å². The molecule has 1 atom stereocenters. The Kier molecular flexibility index (Phi) is 6.21. The fraction of sp³-hybridized carbons (Fsp3) is 0.138. The van der Waals surface area contributed by atoms with Gasteiger partial charge in [0, 0.05) is 22.5 Å². The van der Waals surface area contributed by atoms with Gasteiger partial charge in [0.15, 0.2) is 11.5 Å². The van der Waals surface area contributed by atoms with Crippen molar-refractivity contribution in [1.29, 1.82) is 0 Å². The average molecular weight is 560 g/mol. The fourth-order valence-electron chi connectivity index (χ4n) is 4.47. The van der Waals surface area contributed by atoms with Crippen LogP contribution < -0.4 is 9.64 Å². The van der Waals surface area contributed by atoms with Crippen LogP contribution in [0.15, 0.2) is 87.0 Å². The third kappa shape index (κ3) is 4.44. The van der Waals surface area contributed by atoms with Gasteiger partial charge < -0.3 is 14.3 Å². The van der Waals surface area contributed by atoms with Gasteiger partial charge in [-0.05, 0) is 79.1 Å². The van der Waals surface area contributed by atoms with Gasteiger partial charge in [-0.1, -0.05) is 34.1 Å². The van der Waals surface area contributed by atoms with E-state index in [1.54, 1.807) is 48.5 Å². The lowest BCUT2D eigenvalue weighted by molar-refractivity contribution is -0.131. The smallest absolute Gasteiger partial charge is 0.308 e. The van der Waals surface area contributed by atoms with Gasteiger partial charge in [-0.2, -0.15) is 0 Å². The molecule has 2 heterocycles. The predicted octanol–water partition coefficient (Wildman–Crippen LogP) is 6.52. The molecule has 0 saturated carbocycles. The van der Waals surface area contributed by atoms with Crippen LogP contribution in [0.2, 0.25) is 0 Å². The number of carbonyl (C=O) groups excluding carboxylic acids is 3. The summed E-state index contributed by atoms with van der Waals surface area (Å²) in [5, 5.41) is 11.7. The number of aliphatic hydroxyl groups is 1. The second-order valence-corrected chi connectivity index (χ2v) is 9.81. The quantitative estimate of drug-likeness (QED) is 0.170. The van der Waals surface area contributed by atoms with Gasteiger partial charge in [-0.15, -0.1) is 0 Å². The molecule has 0 aliphatic carbocycles. The van der Waals surface area contributed by atoms with Crippen molar-refractivity contribution in [3.8, 4) is 5.75 Å². The number of aryl methyl sites for hydroxylation is 2. The zero-order valence-corrected chi connectivity index (χ0v) is 21.8. The third-order valence-corrected chi connectivity index (χ3v) is 6.85. The standard InChI is InChI=1S/C29H22BrNO6/c1-15-7-9-21(11-16(15)2)31-26(18-5-4-6-22(13-18)36-17(3)32)25(28(34)29(31)35)27(33)24-14-19-12-20(30)8-10-23(19)37-24/h4-14,26,34H,1-3H3. The minimum Gasteiger partial charge on any atom is -0.503 e. The Labute approximate surface area is 221 Å². The van der Waals surface area contributed by atoms with E-state index < -0.39 is 29.5 Å². The first-order chi connectivity index (χ1) is 17.6. The molecule has 186 valence electrons. The molecule has 1 aromatic heterocycles. The number of fused-ring (bicyclic) bond motifs is 1. The molecule has 1 aliphatic heterocycles. The van der Waals surface area contributed by atoms with E-state index in [0.717, 1.165) is 15.6 Å². The minimum absolute atomic E-state index is 0.00877. The molecule has 7 nitrogen and oxygen atoms in total. The highest BCUT2D eigenvalue weighted by molar-refractivity contribution is 9.10. The Bertz CT molecular complexity index is 1630. The summed E-state index contributed by atoms with van der Waals surface area (Å²) in [6.07, 6.45) is 0. The summed E-state index contributed by atoms with van der Waals surface area (Å²) in [5.41, 5.74) is 3.35. The number of benzene rings is 3. The van der Waals surface area contributed by atoms with Gasteiger partial charge in [-0.25, -0.2) is 0 Å². The van der Waals surface area contributed by atoms with Crippen molar-refractivity contribution < 1.29 is 28.6 Å². The van der Waals surface area contributed by atoms with Crippen molar-refractivity contribution >= 4 is 50.2 Å². The molecule has 37 heavy (non-hydrogen) atoms. The Morgan fingerprint density at radius 1 is 1.00 bits per heavy atom. The summed E-state index contributed by atoms with van der Waals surface area (Å²) in [4.78, 5) is 40.2. The van der Waals surface area contributed by atoms with Crippen molar-refractivity contribution in [3.05, 3.63) is 105 Å². The summed E-state index contributed by atoms with van der Waals surface area (Å²) in [6.45, 7) is 5.16. The summed E-state index contributed by atoms with van der Waals surface area (Å²) >= 11 is 3.41. The SMILES string of the molecule is CC(=O)Oc1cccc(C2C(C(=O)c3cc4cc(Br)ccc4o3)=C(O)C(=O)N2c2ccc(C)c(C)c2)c1. The van der Waals surface area contributed by atoms with Gasteiger partial charge in [0.1, 0.15) is 11.3 Å². The average Bonchev–Trinajstić information content (AvgIpc) is 3.39. The van der Waals surface area contributed by atoms with Crippen LogP contribution in [0.1, 0.15) is 40.2 Å². The predicted molar refractivity (Wildman–Crippen MR) is 142 cm³/mol. The number of amides is 1. The number of ether oxygens (including phenoxy) is 1. The van der Waals surface area contributed by atoms with Crippen LogP contribution in [0.5, 0.6) is 5.75 Å². The highest BCUT2D eigenvalue weighted by Gasteiger charge is 2.45. The highest BCUT2D eigenvalue weighted by Crippen LogP contribution is 2.43. The van der Waals surface area contributed by atoms with E-state index in [2.05, 4.69) is 15.9 Å². The van der Waals surface area contributed by atoms with Crippen LogP contribution >= 0.6 is 15.9 Å². The summed E-state index contributed by atoms with van der Waals surface area (Å²) < 4.78 is 11.9. The number of furan rings is 1. The van der Waals surface area contributed by atoms with Crippen LogP contribution in [-0.4, -0.2) is 22.8 Å². The van der Waals surface area contributed by atoms with Gasteiger partial charge in [-0.3, -0.25) is 19.3 Å². The zero-order chi connectivity index (χ0) is 26.4. The number of halogens is 1. The highest BCUT2D eigenvalue weighted by atomic mass is 79.9. The number of rotatable bonds is 5. The van der Waals surface area contributed by atoms with Crippen LogP contribution in [0, 0.1) is 13.8 Å². The number of aliphatic hydroxyl groups excluding tert-OH is 1. The molecule has 0 radical (unpaired) electrons. The van der Waals surface area contributed by atoms with Gasteiger partial charge in [0.2, 0.25) is 5.78 Å². The van der Waals surface area contributed by atoms with Crippen molar-refractivity contribution in [2.24, 2.45) is 0 Å². The lowest BCUT2D eigenvalue weighted by Gasteiger charge is -2.27. The maximum Gasteiger partial charge on any atom is 0.308 e. The molecular formula is C29H22BrNO6. The van der Waals surface area contributed by atoms with E-state index >= 15 is 0 Å². The van der Waals surface area contributed by atoms with Crippen molar-refractivity contribution in [3.63, 3.8) is 0 Å². The molecule has 4 aromatic rings.